The fourth-order valence-electron chi connectivity index (χ4n) is 5.22. The number of hydrogen-bond donors (Lipinski definition) is 1. The molecule has 1 N–H and O–H groups in total. The van der Waals surface area contributed by atoms with Crippen molar-refractivity contribution in [2.45, 2.75) is 117 Å². The van der Waals surface area contributed by atoms with Gasteiger partial charge in [0.25, 0.3) is 5.91 Å². The van der Waals surface area contributed by atoms with Gasteiger partial charge in [-0.1, -0.05) is 46.5 Å². The van der Waals surface area contributed by atoms with E-state index in [-0.39, 0.29) is 24.0 Å². The van der Waals surface area contributed by atoms with Crippen LogP contribution in [0.25, 0.3) is 10.2 Å². The van der Waals surface area contributed by atoms with Crippen LogP contribution in [0.5, 0.6) is 0 Å². The number of ether oxygens (including phenoxy) is 1. The number of amides is 2. The highest BCUT2D eigenvalue weighted by Gasteiger charge is 2.48. The van der Waals surface area contributed by atoms with Crippen LogP contribution in [0.1, 0.15) is 102 Å². The van der Waals surface area contributed by atoms with E-state index in [0.29, 0.717) is 31.8 Å². The van der Waals surface area contributed by atoms with Crippen LogP contribution in [0.15, 0.2) is 12.1 Å². The van der Waals surface area contributed by atoms with Crippen molar-refractivity contribution in [3.8, 4) is 0 Å². The second kappa shape index (κ2) is 12.4. The van der Waals surface area contributed by atoms with E-state index in [0.717, 1.165) is 42.3 Å². The molecule has 2 aromatic rings. The van der Waals surface area contributed by atoms with E-state index in [1.807, 2.05) is 45.6 Å². The van der Waals surface area contributed by atoms with E-state index < -0.39 is 5.54 Å². The zero-order valence-corrected chi connectivity index (χ0v) is 23.4. The van der Waals surface area contributed by atoms with Gasteiger partial charge in [0.05, 0.1) is 22.9 Å². The topological polar surface area (TPSA) is 63.6 Å². The fraction of sp³-hybridized carbons (Fsp3) is 0.714. The van der Waals surface area contributed by atoms with Crippen molar-refractivity contribution in [1.29, 1.82) is 0 Å². The molecule has 2 aliphatic rings. The smallest absolute Gasteiger partial charge is 0.271 e. The van der Waals surface area contributed by atoms with Crippen molar-refractivity contribution >= 4 is 33.4 Å². The number of carbonyl (C=O) groups excluding carboxylic acids is 2. The second-order valence-electron chi connectivity index (χ2n) is 10.1. The van der Waals surface area contributed by atoms with Crippen molar-refractivity contribution in [2.24, 2.45) is 0 Å². The summed E-state index contributed by atoms with van der Waals surface area (Å²) in [5.74, 6) is -0.0725. The zero-order valence-electron chi connectivity index (χ0n) is 22.6. The highest BCUT2D eigenvalue weighted by Crippen LogP contribution is 2.36. The first kappa shape index (κ1) is 27.7. The quantitative estimate of drug-likeness (QED) is 0.347. The maximum atomic E-state index is 13.8. The SMILES string of the molecule is CC.CCc1cc2c(cc3n2CC(C)(C(=O)NC2CCCCCC2)N(CCCOC(C)C)C3=O)s1. The minimum absolute atomic E-state index is 0.0222. The Hall–Kier alpha value is -1.86. The molecule has 1 aliphatic heterocycles. The van der Waals surface area contributed by atoms with E-state index in [1.165, 1.54) is 17.7 Å². The van der Waals surface area contributed by atoms with Gasteiger partial charge in [-0.25, -0.2) is 0 Å². The normalized spacial score (nSPS) is 21.0. The fourth-order valence-corrected chi connectivity index (χ4v) is 6.26. The molecule has 0 spiro atoms. The first-order valence-corrected chi connectivity index (χ1v) is 14.5. The molecule has 2 aromatic heterocycles. The molecular formula is C28H45N3O3S. The molecule has 1 saturated carbocycles. The molecule has 0 saturated heterocycles. The molecule has 4 rings (SSSR count). The van der Waals surface area contributed by atoms with Gasteiger partial charge in [0.2, 0.25) is 5.91 Å². The van der Waals surface area contributed by atoms with Crippen LogP contribution in [-0.2, 0) is 22.5 Å². The number of thiophene rings is 1. The Kier molecular flexibility index (Phi) is 9.82. The maximum Gasteiger partial charge on any atom is 0.271 e. The summed E-state index contributed by atoms with van der Waals surface area (Å²) >= 11 is 1.75. The number of hydrogen-bond acceptors (Lipinski definition) is 4. The molecule has 35 heavy (non-hydrogen) atoms. The Labute approximate surface area is 215 Å². The zero-order chi connectivity index (χ0) is 25.6. The van der Waals surface area contributed by atoms with Crippen LogP contribution < -0.4 is 5.32 Å². The van der Waals surface area contributed by atoms with Gasteiger partial charge in [0.1, 0.15) is 11.2 Å². The molecule has 196 valence electrons. The first-order chi connectivity index (χ1) is 16.8. The molecule has 1 unspecified atom stereocenters. The summed E-state index contributed by atoms with van der Waals surface area (Å²) in [7, 11) is 0. The maximum absolute atomic E-state index is 13.8. The van der Waals surface area contributed by atoms with Gasteiger partial charge in [-0.15, -0.1) is 11.3 Å². The molecule has 7 heteroatoms. The van der Waals surface area contributed by atoms with Crippen LogP contribution >= 0.6 is 11.3 Å². The summed E-state index contributed by atoms with van der Waals surface area (Å²) < 4.78 is 8.94. The number of carbonyl (C=O) groups is 2. The number of aryl methyl sites for hydroxylation is 1. The molecule has 1 aliphatic carbocycles. The third-order valence-corrected chi connectivity index (χ3v) is 8.39. The lowest BCUT2D eigenvalue weighted by Crippen LogP contribution is -2.65. The molecular weight excluding hydrogens is 458 g/mol. The van der Waals surface area contributed by atoms with Gasteiger partial charge in [-0.3, -0.25) is 9.59 Å². The molecule has 1 fully saturated rings. The van der Waals surface area contributed by atoms with E-state index in [2.05, 4.69) is 22.9 Å². The average molecular weight is 504 g/mol. The second-order valence-corrected chi connectivity index (χ2v) is 11.3. The Morgan fingerprint density at radius 2 is 1.89 bits per heavy atom. The number of rotatable bonds is 8. The summed E-state index contributed by atoms with van der Waals surface area (Å²) in [6.07, 6.45) is 8.71. The molecule has 1 atom stereocenters. The largest absolute Gasteiger partial charge is 0.379 e. The lowest BCUT2D eigenvalue weighted by atomic mass is 9.93. The van der Waals surface area contributed by atoms with Gasteiger partial charge in [0, 0.05) is 24.1 Å². The third-order valence-electron chi connectivity index (χ3n) is 7.17. The van der Waals surface area contributed by atoms with Gasteiger partial charge in [-0.2, -0.15) is 0 Å². The van der Waals surface area contributed by atoms with Crippen molar-refractivity contribution in [2.75, 3.05) is 13.2 Å². The van der Waals surface area contributed by atoms with Gasteiger partial charge < -0.3 is 19.5 Å². The Balaban J connectivity index is 0.00000167. The Bertz CT molecular complexity index is 987. The summed E-state index contributed by atoms with van der Waals surface area (Å²) in [4.78, 5) is 30.6. The predicted octanol–water partition coefficient (Wildman–Crippen LogP) is 6.16. The summed E-state index contributed by atoms with van der Waals surface area (Å²) in [6.45, 7) is 13.7. The minimum Gasteiger partial charge on any atom is -0.379 e. The Morgan fingerprint density at radius 3 is 2.51 bits per heavy atom. The van der Waals surface area contributed by atoms with Crippen molar-refractivity contribution in [1.82, 2.24) is 14.8 Å². The number of aromatic nitrogens is 1. The van der Waals surface area contributed by atoms with Gasteiger partial charge in [0.15, 0.2) is 0 Å². The van der Waals surface area contributed by atoms with E-state index in [1.54, 1.807) is 11.3 Å². The average Bonchev–Trinajstić information content (AvgIpc) is 3.28. The van der Waals surface area contributed by atoms with Crippen molar-refractivity contribution < 1.29 is 14.3 Å². The van der Waals surface area contributed by atoms with Gasteiger partial charge in [-0.05, 0) is 58.6 Å². The van der Waals surface area contributed by atoms with E-state index >= 15 is 0 Å². The van der Waals surface area contributed by atoms with Crippen LogP contribution in [0.4, 0.5) is 0 Å². The number of nitrogens with zero attached hydrogens (tertiary/aromatic N) is 2. The summed E-state index contributed by atoms with van der Waals surface area (Å²) in [5, 5.41) is 3.34. The van der Waals surface area contributed by atoms with Crippen LogP contribution in [-0.4, -0.2) is 52.1 Å². The Morgan fingerprint density at radius 1 is 1.20 bits per heavy atom. The van der Waals surface area contributed by atoms with Crippen molar-refractivity contribution in [3.63, 3.8) is 0 Å². The summed E-state index contributed by atoms with van der Waals surface area (Å²) in [5.41, 5.74) is 0.856. The number of nitrogens with one attached hydrogen (secondary N) is 1. The molecule has 0 radical (unpaired) electrons. The minimum atomic E-state index is -0.922. The molecule has 3 heterocycles. The van der Waals surface area contributed by atoms with Crippen LogP contribution in [0.3, 0.4) is 0 Å². The lowest BCUT2D eigenvalue weighted by Gasteiger charge is -2.44. The third kappa shape index (κ3) is 6.11. The molecule has 0 aromatic carbocycles. The number of fused-ring (bicyclic) bond motifs is 3. The lowest BCUT2D eigenvalue weighted by molar-refractivity contribution is -0.133. The van der Waals surface area contributed by atoms with Gasteiger partial charge >= 0.3 is 0 Å². The highest BCUT2D eigenvalue weighted by atomic mass is 32.1. The summed E-state index contributed by atoms with van der Waals surface area (Å²) in [6, 6.07) is 4.41. The van der Waals surface area contributed by atoms with E-state index in [9.17, 15) is 9.59 Å². The van der Waals surface area contributed by atoms with E-state index in [4.69, 9.17) is 4.74 Å². The molecule has 0 bridgehead atoms. The van der Waals surface area contributed by atoms with Crippen molar-refractivity contribution in [3.05, 3.63) is 22.7 Å². The standard InChI is InChI=1S/C26H39N3O3S.C2H6/c1-5-20-15-21-23(33-20)16-22-24(30)29(13-10-14-32-18(2)3)26(4,17-28(21)22)25(31)27-19-11-8-6-7-9-12-19;1-2/h15-16,18-19H,5-14,17H2,1-4H3,(H,27,31);1-2H3. The predicted molar refractivity (Wildman–Crippen MR) is 145 cm³/mol. The van der Waals surface area contributed by atoms with Crippen LogP contribution in [0.2, 0.25) is 0 Å². The molecule has 2 amide bonds. The van der Waals surface area contributed by atoms with Crippen LogP contribution in [0, 0.1) is 0 Å². The highest BCUT2D eigenvalue weighted by molar-refractivity contribution is 7.19. The monoisotopic (exact) mass is 503 g/mol. The first-order valence-electron chi connectivity index (χ1n) is 13.7. The molecule has 6 nitrogen and oxygen atoms in total.